The number of rotatable bonds is 4. The van der Waals surface area contributed by atoms with Crippen molar-refractivity contribution in [2.45, 2.75) is 40.0 Å². The van der Waals surface area contributed by atoms with Crippen LogP contribution in [-0.2, 0) is 0 Å². The predicted octanol–water partition coefficient (Wildman–Crippen LogP) is 6.40. The molecule has 2 heteroatoms. The quantitative estimate of drug-likeness (QED) is 0.479. The van der Waals surface area contributed by atoms with Gasteiger partial charge < -0.3 is 5.41 Å². The summed E-state index contributed by atoms with van der Waals surface area (Å²) < 4.78 is 0. The van der Waals surface area contributed by atoms with Crippen LogP contribution in [0.4, 0.5) is 0 Å². The van der Waals surface area contributed by atoms with Crippen LogP contribution in [0, 0.1) is 18.3 Å². The van der Waals surface area contributed by atoms with E-state index in [-0.39, 0.29) is 0 Å². The molecular weight excluding hydrogens is 298 g/mol. The van der Waals surface area contributed by atoms with Crippen molar-refractivity contribution < 1.29 is 0 Å². The molecule has 2 aromatic carbocycles. The van der Waals surface area contributed by atoms with E-state index in [4.69, 9.17) is 5.41 Å². The number of benzene rings is 2. The van der Waals surface area contributed by atoms with Crippen LogP contribution in [0.15, 0.2) is 60.7 Å². The van der Waals surface area contributed by atoms with Gasteiger partial charge in [-0.25, -0.2) is 0 Å². The van der Waals surface area contributed by atoms with Crippen LogP contribution in [0.1, 0.15) is 44.2 Å². The highest BCUT2D eigenvalue weighted by Crippen LogP contribution is 2.15. The zero-order valence-electron chi connectivity index (χ0n) is 14.9. The fourth-order valence-corrected chi connectivity index (χ4v) is 1.68. The molecule has 0 aliphatic heterocycles. The second kappa shape index (κ2) is 14.1. The molecule has 0 heterocycles. The number of thiol groups is 1. The lowest BCUT2D eigenvalue weighted by Crippen LogP contribution is -1.96. The summed E-state index contributed by atoms with van der Waals surface area (Å²) in [6.45, 7) is 8.47. The van der Waals surface area contributed by atoms with E-state index in [1.54, 1.807) is 0 Å². The average molecular weight is 330 g/mol. The van der Waals surface area contributed by atoms with Gasteiger partial charge in [0.1, 0.15) is 0 Å². The van der Waals surface area contributed by atoms with Crippen LogP contribution in [0.2, 0.25) is 0 Å². The molecule has 0 aliphatic carbocycles. The van der Waals surface area contributed by atoms with Crippen LogP contribution < -0.4 is 0 Å². The number of hydrogen-bond donors (Lipinski definition) is 2. The first-order valence-electron chi connectivity index (χ1n) is 8.23. The van der Waals surface area contributed by atoms with Gasteiger partial charge in [-0.15, -0.1) is 0 Å². The summed E-state index contributed by atoms with van der Waals surface area (Å²) in [4.78, 5) is 0. The Hall–Kier alpha value is -1.54. The van der Waals surface area contributed by atoms with E-state index in [9.17, 15) is 0 Å². The summed E-state index contributed by atoms with van der Waals surface area (Å²) in [7, 11) is 0. The van der Waals surface area contributed by atoms with Crippen LogP contribution in [0.3, 0.4) is 0 Å². The zero-order chi connectivity index (χ0) is 17.5. The molecule has 126 valence electrons. The third-order valence-electron chi connectivity index (χ3n) is 3.17. The Morgan fingerprint density at radius 2 is 1.39 bits per heavy atom. The number of nitrogens with one attached hydrogen (secondary N) is 1. The first kappa shape index (κ1) is 21.5. The second-order valence-corrected chi connectivity index (χ2v) is 6.19. The maximum absolute atomic E-state index is 7.17. The Morgan fingerprint density at radius 1 is 0.957 bits per heavy atom. The minimum atomic E-state index is 0.302. The molecule has 0 fully saturated rings. The standard InChI is InChI=1S/C10H13N.C7H8.C4H10S/c1-2-9(8-11)10-6-4-3-5-7-10;1-7-5-3-2-4-6-7;1-4(2)3-5/h3-9,11H,2H2,1H3;2-6H,1H3;4-5H,3H2,1-2H3. The van der Waals surface area contributed by atoms with E-state index in [1.165, 1.54) is 17.3 Å². The molecule has 1 unspecified atom stereocenters. The Balaban J connectivity index is 0.000000347. The van der Waals surface area contributed by atoms with E-state index in [2.05, 4.69) is 64.6 Å². The topological polar surface area (TPSA) is 23.9 Å². The monoisotopic (exact) mass is 329 g/mol. The summed E-state index contributed by atoms with van der Waals surface area (Å²) in [5.41, 5.74) is 2.56. The van der Waals surface area contributed by atoms with Crippen LogP contribution in [-0.4, -0.2) is 12.0 Å². The molecule has 0 saturated heterocycles. The highest BCUT2D eigenvalue weighted by atomic mass is 32.1. The predicted molar refractivity (Wildman–Crippen MR) is 108 cm³/mol. The van der Waals surface area contributed by atoms with Gasteiger partial charge in [-0.2, -0.15) is 12.6 Å². The smallest absolute Gasteiger partial charge is 0.0183 e. The van der Waals surface area contributed by atoms with Gasteiger partial charge in [0.2, 0.25) is 0 Å². The minimum Gasteiger partial charge on any atom is -0.312 e. The summed E-state index contributed by atoms with van der Waals surface area (Å²) in [6.07, 6.45) is 2.52. The molecule has 1 nitrogen and oxygen atoms in total. The molecule has 0 amide bonds. The van der Waals surface area contributed by atoms with Crippen LogP contribution >= 0.6 is 12.6 Å². The molecule has 0 aromatic heterocycles. The summed E-state index contributed by atoms with van der Waals surface area (Å²) in [6, 6.07) is 20.4. The Bertz CT molecular complexity index is 494. The lowest BCUT2D eigenvalue weighted by Gasteiger charge is -2.07. The Morgan fingerprint density at radius 3 is 1.65 bits per heavy atom. The second-order valence-electron chi connectivity index (χ2n) is 5.82. The van der Waals surface area contributed by atoms with E-state index < -0.39 is 0 Å². The SMILES string of the molecule is CC(C)CS.CCC(C=N)c1ccccc1.Cc1ccccc1. The van der Waals surface area contributed by atoms with Gasteiger partial charge in [0, 0.05) is 12.1 Å². The molecule has 2 aromatic rings. The normalized spacial score (nSPS) is 10.7. The van der Waals surface area contributed by atoms with E-state index in [0.29, 0.717) is 5.92 Å². The van der Waals surface area contributed by atoms with E-state index in [1.807, 2.05) is 36.4 Å². The molecule has 23 heavy (non-hydrogen) atoms. The molecule has 0 radical (unpaired) electrons. The van der Waals surface area contributed by atoms with Gasteiger partial charge in [-0.1, -0.05) is 87.0 Å². The molecule has 0 bridgehead atoms. The van der Waals surface area contributed by atoms with Gasteiger partial charge in [0.25, 0.3) is 0 Å². The summed E-state index contributed by atoms with van der Waals surface area (Å²) in [5, 5.41) is 7.17. The first-order chi connectivity index (χ1) is 11.0. The van der Waals surface area contributed by atoms with Gasteiger partial charge in [0.05, 0.1) is 0 Å². The Kier molecular flexibility index (Phi) is 13.1. The van der Waals surface area contributed by atoms with Gasteiger partial charge in [0.15, 0.2) is 0 Å². The number of hydrogen-bond acceptors (Lipinski definition) is 2. The van der Waals surface area contributed by atoms with Crippen LogP contribution in [0.25, 0.3) is 0 Å². The van der Waals surface area contributed by atoms with Crippen molar-refractivity contribution in [3.05, 3.63) is 71.8 Å². The highest BCUT2D eigenvalue weighted by molar-refractivity contribution is 7.80. The minimum absolute atomic E-state index is 0.302. The molecule has 0 saturated carbocycles. The third-order valence-corrected chi connectivity index (χ3v) is 3.90. The van der Waals surface area contributed by atoms with Crippen LogP contribution in [0.5, 0.6) is 0 Å². The third kappa shape index (κ3) is 11.7. The summed E-state index contributed by atoms with van der Waals surface area (Å²) >= 11 is 4.02. The van der Waals surface area contributed by atoms with Crippen molar-refractivity contribution in [3.8, 4) is 0 Å². The summed E-state index contributed by atoms with van der Waals surface area (Å²) in [5.74, 6) is 2.05. The fourth-order valence-electron chi connectivity index (χ4n) is 1.68. The van der Waals surface area contributed by atoms with Crippen molar-refractivity contribution in [1.82, 2.24) is 0 Å². The largest absolute Gasteiger partial charge is 0.312 e. The maximum Gasteiger partial charge on any atom is 0.0183 e. The average Bonchev–Trinajstić information content (AvgIpc) is 2.59. The van der Waals surface area contributed by atoms with Crippen molar-refractivity contribution in [1.29, 1.82) is 5.41 Å². The lowest BCUT2D eigenvalue weighted by atomic mass is 9.98. The molecular formula is C21H31NS. The van der Waals surface area contributed by atoms with Crippen molar-refractivity contribution in [3.63, 3.8) is 0 Å². The highest BCUT2D eigenvalue weighted by Gasteiger charge is 2.02. The Labute approximate surface area is 148 Å². The van der Waals surface area contributed by atoms with E-state index in [0.717, 1.165) is 18.1 Å². The van der Waals surface area contributed by atoms with Gasteiger partial charge >= 0.3 is 0 Å². The van der Waals surface area contributed by atoms with Crippen molar-refractivity contribution in [2.24, 2.45) is 5.92 Å². The maximum atomic E-state index is 7.17. The zero-order valence-corrected chi connectivity index (χ0v) is 15.8. The molecule has 1 atom stereocenters. The van der Waals surface area contributed by atoms with E-state index >= 15 is 0 Å². The molecule has 0 aliphatic rings. The van der Waals surface area contributed by atoms with Crippen molar-refractivity contribution in [2.75, 3.05) is 5.75 Å². The van der Waals surface area contributed by atoms with Gasteiger partial charge in [-0.05, 0) is 30.6 Å². The molecule has 1 N–H and O–H groups in total. The number of aryl methyl sites for hydroxylation is 1. The fraction of sp³-hybridized carbons (Fsp3) is 0.381. The first-order valence-corrected chi connectivity index (χ1v) is 8.86. The molecule has 0 spiro atoms. The molecule has 2 rings (SSSR count). The van der Waals surface area contributed by atoms with Crippen molar-refractivity contribution >= 4 is 18.8 Å². The van der Waals surface area contributed by atoms with Gasteiger partial charge in [-0.3, -0.25) is 0 Å². The lowest BCUT2D eigenvalue weighted by molar-refractivity contribution is 0.753.